The standard InChI is InChI=1S/C20H25FO3.C19H32F3N.C15H23FO3.C15H25NO2S.C13H21F3O.C8H13NO2.C7H11FO.C7H9FO/c21-17-10-6-14(7-11-17)19(15-8-12-18(22)13-9-15)24-20(23)16-4-2-1-3-5-16;20-16-6-4-14(5-7-16)18(13-17-3-1-2-12-23-17)15-8-10-19(21,22)11-9-15;16-13-3-1-11(2-4-13)14(17)12-5-7-15(8-6-12)18-9-10-19-15;1-9(2)12-7-13(10(3)4)15(19(16,17)18)14(8-12)11(5)6;14-11-3-1-9(2-4-11)12(17)10-5-7-13(15,16)8-6-10;9-7-1-3-8(4-2-7)10-5-6-11-8;2*8-7-3-1-6(5-9)2-4-7/h1-5,14-15,17,19H,6-13H2;14-18,23H,1-13H2;5,11,13-14,17H,1-4,6-10H2;7-11H,1-6H3,(H2,16,17,18);9-12,17H,1-8H2;9H,1-6H2;5-7H,1-4H2;3,5-6H,1-2,4H2. The summed E-state index contributed by atoms with van der Waals surface area (Å²) in [6.07, 6.45) is 32.0. The summed E-state index contributed by atoms with van der Waals surface area (Å²) in [4.78, 5) is 44.6. The van der Waals surface area contributed by atoms with E-state index in [1.165, 1.54) is 30.9 Å². The van der Waals surface area contributed by atoms with Gasteiger partial charge in [0.2, 0.25) is 21.9 Å². The average Bonchev–Trinajstić information content (AvgIpc) is 1.41. The molecule has 14 aliphatic rings. The maximum atomic E-state index is 13.5. The van der Waals surface area contributed by atoms with Gasteiger partial charge >= 0.3 is 5.97 Å². The summed E-state index contributed by atoms with van der Waals surface area (Å²) < 4.78 is 183. The zero-order chi connectivity index (χ0) is 95.1. The summed E-state index contributed by atoms with van der Waals surface area (Å²) in [5, 5.41) is 37.1. The van der Waals surface area contributed by atoms with E-state index in [2.05, 4.69) is 25.2 Å². The third-order valence-corrected chi connectivity index (χ3v) is 31.7. The lowest BCUT2D eigenvalue weighted by Crippen LogP contribution is -2.40. The second-order valence-electron chi connectivity index (χ2n) is 41.3. The molecule has 3 saturated heterocycles. The fourth-order valence-electron chi connectivity index (χ4n) is 22.1. The zero-order valence-corrected chi connectivity index (χ0v) is 80.1. The molecule has 12 fully saturated rings. The fourth-order valence-corrected chi connectivity index (χ4v) is 23.4. The number of rotatable bonds is 18. The number of aldehydes is 2. The SMILES string of the molecule is CC(C)c1cc(C(C)C)c(S(N)(=O)=O)c(C(C)C)c1.FC1CCC(C(CC2CCCCN2)C2CCC(F)(F)CC2)CC1.N=C1CCC2(CC1)OCCO2.O=C1CCC(C(OC(=O)c2ccccc2)C2CCC(F)CC2)CC1.O=CC1CC=C(F)CC1.O=CC1CCC(F)CC1.OC(C1=CCC2(CC1)OCCO2)C1CCC(F)CC1.OC(C1CCC(F)CC1)C1CCC(F)(F)CC1. The van der Waals surface area contributed by atoms with Crippen molar-refractivity contribution in [2.45, 2.75) is 438 Å². The Morgan fingerprint density at radius 3 is 1.39 bits per heavy atom. The predicted molar refractivity (Wildman–Crippen MR) is 493 cm³/mol. The summed E-state index contributed by atoms with van der Waals surface area (Å²) in [5.41, 5.74) is 5.32. The number of nitrogens with one attached hydrogen (secondary N) is 2. The normalized spacial score (nSPS) is 30.2. The fraction of sp³-hybridized carbons (Fsp3) is 0.798. The molecule has 27 heteroatoms. The number of ketones is 1. The Morgan fingerprint density at radius 1 is 0.519 bits per heavy atom. The van der Waals surface area contributed by atoms with Crippen LogP contribution in [0.4, 0.5) is 43.9 Å². The molecule has 16 rings (SSSR count). The number of hydrogen-bond acceptors (Lipinski definition) is 15. The van der Waals surface area contributed by atoms with Crippen LogP contribution < -0.4 is 10.5 Å². The number of carbonyl (C=O) groups excluding carboxylic acids is 4. The molecule has 11 aliphatic carbocycles. The van der Waals surface area contributed by atoms with E-state index >= 15 is 0 Å². The van der Waals surface area contributed by atoms with Crippen LogP contribution >= 0.6 is 0 Å². The number of carbonyl (C=O) groups is 4. The van der Waals surface area contributed by atoms with E-state index in [4.69, 9.17) is 34.2 Å². The molecule has 9 saturated carbocycles. The van der Waals surface area contributed by atoms with Crippen LogP contribution in [-0.2, 0) is 48.1 Å². The van der Waals surface area contributed by atoms with E-state index < -0.39 is 70.7 Å². The van der Waals surface area contributed by atoms with Gasteiger partial charge in [-0.1, -0.05) is 90.4 Å². The molecule has 3 heterocycles. The highest BCUT2D eigenvalue weighted by Gasteiger charge is 2.46. The van der Waals surface area contributed by atoms with E-state index in [1.807, 2.05) is 58.0 Å². The van der Waals surface area contributed by atoms with E-state index in [0.717, 1.165) is 170 Å². The van der Waals surface area contributed by atoms with Gasteiger partial charge in [-0.25, -0.2) is 62.3 Å². The summed E-state index contributed by atoms with van der Waals surface area (Å²) in [7, 11) is -3.70. The van der Waals surface area contributed by atoms with Crippen LogP contribution in [0.15, 0.2) is 70.9 Å². The van der Waals surface area contributed by atoms with Gasteiger partial charge in [-0.15, -0.1) is 0 Å². The summed E-state index contributed by atoms with van der Waals surface area (Å²) in [6.45, 7) is 16.1. The van der Waals surface area contributed by atoms with Gasteiger partial charge in [-0.3, -0.25) is 4.79 Å². The lowest BCUT2D eigenvalue weighted by Gasteiger charge is -2.42. The number of aliphatic hydroxyl groups is 2. The van der Waals surface area contributed by atoms with Crippen LogP contribution in [0.2, 0.25) is 0 Å². The lowest BCUT2D eigenvalue weighted by atomic mass is 9.66. The molecule has 3 aliphatic heterocycles. The number of primary sulfonamides is 1. The number of halogens is 10. The predicted octanol–water partition coefficient (Wildman–Crippen LogP) is 25.0. The van der Waals surface area contributed by atoms with E-state index in [-0.39, 0.29) is 103 Å². The third kappa shape index (κ3) is 36.1. The Kier molecular flexibility index (Phi) is 45.0. The van der Waals surface area contributed by atoms with Gasteiger partial charge < -0.3 is 54.2 Å². The number of ether oxygens (including phenoxy) is 5. The van der Waals surface area contributed by atoms with Crippen LogP contribution in [0.3, 0.4) is 0 Å². The Bertz CT molecular complexity index is 3840. The Morgan fingerprint density at radius 2 is 0.954 bits per heavy atom. The van der Waals surface area contributed by atoms with Crippen molar-refractivity contribution >= 4 is 40.1 Å². The molecule has 2 spiro atoms. The summed E-state index contributed by atoms with van der Waals surface area (Å²) >= 11 is 0. The lowest BCUT2D eigenvalue weighted by molar-refractivity contribution is -0.167. The van der Waals surface area contributed by atoms with Gasteiger partial charge in [-0.05, 0) is 331 Å². The third-order valence-electron chi connectivity index (χ3n) is 30.6. The minimum atomic E-state index is -3.70. The van der Waals surface area contributed by atoms with Crippen molar-refractivity contribution in [1.29, 1.82) is 5.41 Å². The molecular formula is C104H159F10N3O13S. The van der Waals surface area contributed by atoms with Crippen LogP contribution in [0.25, 0.3) is 0 Å². The second-order valence-corrected chi connectivity index (χ2v) is 42.8. The number of piperidine rings is 1. The number of Topliss-reactive ketones (excluding diaryl/α,β-unsaturated/α-hetero) is 1. The molecule has 744 valence electrons. The minimum Gasteiger partial charge on any atom is -0.458 e. The first-order valence-electron chi connectivity index (χ1n) is 50.4. The Balaban J connectivity index is 0.000000172. The van der Waals surface area contributed by atoms with Crippen LogP contribution in [0, 0.1) is 64.6 Å². The average molecular weight is 1880 g/mol. The van der Waals surface area contributed by atoms with Gasteiger partial charge in [0.15, 0.2) is 11.6 Å². The van der Waals surface area contributed by atoms with Crippen LogP contribution in [0.5, 0.6) is 0 Å². The maximum Gasteiger partial charge on any atom is 0.338 e. The number of benzene rings is 2. The first kappa shape index (κ1) is 110. The largest absolute Gasteiger partial charge is 0.458 e. The highest BCUT2D eigenvalue weighted by molar-refractivity contribution is 7.89. The Hall–Kier alpha value is -5.00. The first-order valence-corrected chi connectivity index (χ1v) is 52.0. The number of esters is 1. The molecule has 6 unspecified atom stereocenters. The van der Waals surface area contributed by atoms with Crippen molar-refractivity contribution in [3.63, 3.8) is 0 Å². The number of allylic oxidation sites excluding steroid dienone is 2. The summed E-state index contributed by atoms with van der Waals surface area (Å²) in [6, 6.07) is 13.5. The maximum absolute atomic E-state index is 13.5. The molecule has 0 bridgehead atoms. The van der Waals surface area contributed by atoms with Crippen molar-refractivity contribution in [3.8, 4) is 0 Å². The van der Waals surface area contributed by atoms with Gasteiger partial charge in [0.25, 0.3) is 0 Å². The highest BCUT2D eigenvalue weighted by Crippen LogP contribution is 2.49. The molecule has 0 radical (unpaired) electrons. The Labute approximate surface area is 775 Å². The number of nitrogens with two attached hydrogens (primary N) is 1. The van der Waals surface area contributed by atoms with Crippen molar-refractivity contribution in [1.82, 2.24) is 5.32 Å². The van der Waals surface area contributed by atoms with Gasteiger partial charge in [0.05, 0.1) is 54.9 Å². The molecule has 2 aromatic carbocycles. The number of hydrogen-bond donors (Lipinski definition) is 5. The van der Waals surface area contributed by atoms with E-state index in [9.17, 15) is 81.7 Å². The van der Waals surface area contributed by atoms with Gasteiger partial charge in [-0.2, -0.15) is 0 Å². The van der Waals surface area contributed by atoms with Crippen molar-refractivity contribution in [3.05, 3.63) is 88.3 Å². The molecule has 2 aromatic rings. The minimum absolute atomic E-state index is 0.00390. The molecule has 6 atom stereocenters. The quantitative estimate of drug-likeness (QED) is 0.0403. The molecule has 6 N–H and O–H groups in total. The van der Waals surface area contributed by atoms with Crippen molar-refractivity contribution in [2.24, 2.45) is 64.3 Å². The second kappa shape index (κ2) is 53.8. The molecule has 131 heavy (non-hydrogen) atoms. The molecule has 0 amide bonds. The summed E-state index contributed by atoms with van der Waals surface area (Å²) in [5.74, 6) is -2.61. The van der Waals surface area contributed by atoms with Gasteiger partial charge in [0, 0.05) is 87.8 Å². The van der Waals surface area contributed by atoms with Crippen LogP contribution in [0.1, 0.15) is 382 Å². The topological polar surface area (TPSA) is 251 Å². The number of alkyl halides is 9. The first-order chi connectivity index (χ1) is 62.3. The molecule has 16 nitrogen and oxygen atoms in total. The molecule has 0 aromatic heterocycles. The van der Waals surface area contributed by atoms with Crippen molar-refractivity contribution in [2.75, 3.05) is 33.0 Å². The van der Waals surface area contributed by atoms with Gasteiger partial charge in [0.1, 0.15) is 55.3 Å². The van der Waals surface area contributed by atoms with E-state index in [1.54, 1.807) is 12.1 Å². The monoisotopic (exact) mass is 1880 g/mol. The highest BCUT2D eigenvalue weighted by atomic mass is 32.2. The number of sulfonamides is 1. The number of aliphatic hydroxyl groups excluding tert-OH is 2. The zero-order valence-electron chi connectivity index (χ0n) is 79.3. The van der Waals surface area contributed by atoms with Crippen LogP contribution in [-0.4, -0.2) is 160 Å². The molecular weight excluding hydrogens is 1720 g/mol. The van der Waals surface area contributed by atoms with Crippen molar-refractivity contribution < 1.29 is 105 Å². The van der Waals surface area contributed by atoms with E-state index in [0.29, 0.717) is 194 Å². The smallest absolute Gasteiger partial charge is 0.338 e.